The van der Waals surface area contributed by atoms with Crippen LogP contribution >= 0.6 is 0 Å². The van der Waals surface area contributed by atoms with E-state index in [9.17, 15) is 18.0 Å². The molecule has 1 aromatic carbocycles. The minimum absolute atomic E-state index is 0.270. The van der Waals surface area contributed by atoms with Crippen molar-refractivity contribution in [1.82, 2.24) is 15.8 Å². The molecule has 29 heavy (non-hydrogen) atoms. The second kappa shape index (κ2) is 10.5. The van der Waals surface area contributed by atoms with Crippen LogP contribution in [0.5, 0.6) is 0 Å². The first-order valence-corrected chi connectivity index (χ1v) is 9.22. The van der Waals surface area contributed by atoms with Crippen molar-refractivity contribution in [3.05, 3.63) is 47.1 Å². The van der Waals surface area contributed by atoms with E-state index in [-0.39, 0.29) is 6.54 Å². The molecule has 0 bridgehead atoms. The lowest BCUT2D eigenvalue weighted by Crippen LogP contribution is -2.41. The zero-order chi connectivity index (χ0) is 21.4. The third kappa shape index (κ3) is 5.97. The Morgan fingerprint density at radius 3 is 2.55 bits per heavy atom. The van der Waals surface area contributed by atoms with Crippen molar-refractivity contribution in [2.24, 2.45) is 4.99 Å². The molecule has 0 spiro atoms. The maximum absolute atomic E-state index is 13.6. The van der Waals surface area contributed by atoms with Gasteiger partial charge in [-0.05, 0) is 25.0 Å². The van der Waals surface area contributed by atoms with Crippen LogP contribution in [0.2, 0.25) is 0 Å². The lowest BCUT2D eigenvalue weighted by atomic mass is 9.99. The number of carbonyl (C=O) groups is 1. The van der Waals surface area contributed by atoms with Gasteiger partial charge in [0.2, 0.25) is 5.91 Å². The highest BCUT2D eigenvalue weighted by Crippen LogP contribution is 2.22. The molecule has 0 aliphatic carbocycles. The Bertz CT molecular complexity index is 866. The Balaban J connectivity index is 1.85. The van der Waals surface area contributed by atoms with Crippen molar-refractivity contribution < 1.29 is 22.5 Å². The van der Waals surface area contributed by atoms with Crippen LogP contribution in [0.3, 0.4) is 0 Å². The number of halogens is 3. The lowest BCUT2D eigenvalue weighted by Gasteiger charge is -2.11. The van der Waals surface area contributed by atoms with Crippen molar-refractivity contribution in [2.45, 2.75) is 39.2 Å². The molecule has 2 aromatic rings. The number of hydrogen-bond donors (Lipinski definition) is 3. The zero-order valence-corrected chi connectivity index (χ0v) is 16.5. The second-order valence-corrected chi connectivity index (χ2v) is 6.28. The van der Waals surface area contributed by atoms with E-state index in [4.69, 9.17) is 4.52 Å². The maximum atomic E-state index is 13.6. The molecule has 0 saturated heterocycles. The summed E-state index contributed by atoms with van der Waals surface area (Å²) in [5.74, 6) is -3.84. The van der Waals surface area contributed by atoms with Crippen molar-refractivity contribution in [3.63, 3.8) is 0 Å². The number of aliphatic imine (C=N–C) groups is 1. The van der Waals surface area contributed by atoms with Crippen molar-refractivity contribution in [1.29, 1.82) is 0 Å². The van der Waals surface area contributed by atoms with Gasteiger partial charge in [0.05, 0.1) is 24.5 Å². The van der Waals surface area contributed by atoms with Gasteiger partial charge in [-0.3, -0.25) is 9.79 Å². The third-order valence-corrected chi connectivity index (χ3v) is 4.36. The number of hydrogen-bond acceptors (Lipinski definition) is 4. The summed E-state index contributed by atoms with van der Waals surface area (Å²) in [5.41, 5.74) is 0.442. The predicted molar refractivity (Wildman–Crippen MR) is 103 cm³/mol. The van der Waals surface area contributed by atoms with E-state index < -0.39 is 29.0 Å². The van der Waals surface area contributed by atoms with Gasteiger partial charge >= 0.3 is 0 Å². The Morgan fingerprint density at radius 2 is 1.90 bits per heavy atom. The smallest absolute Gasteiger partial charge is 0.243 e. The van der Waals surface area contributed by atoms with E-state index in [0.717, 1.165) is 30.7 Å². The summed E-state index contributed by atoms with van der Waals surface area (Å²) < 4.78 is 45.0. The summed E-state index contributed by atoms with van der Waals surface area (Å²) in [6, 6.07) is 3.55. The summed E-state index contributed by atoms with van der Waals surface area (Å²) in [7, 11) is 1.51. The molecule has 0 aliphatic rings. The predicted octanol–water partition coefficient (Wildman–Crippen LogP) is 3.30. The molecular weight excluding hydrogens is 387 g/mol. The van der Waals surface area contributed by atoms with Gasteiger partial charge in [0.1, 0.15) is 0 Å². The van der Waals surface area contributed by atoms with Gasteiger partial charge in [0.15, 0.2) is 29.2 Å². The normalized spacial score (nSPS) is 11.6. The molecule has 3 N–H and O–H groups in total. The summed E-state index contributed by atoms with van der Waals surface area (Å²) in [4.78, 5) is 15.9. The number of benzene rings is 1. The Labute approximate surface area is 166 Å². The van der Waals surface area contributed by atoms with Crippen LogP contribution in [-0.2, 0) is 11.3 Å². The van der Waals surface area contributed by atoms with E-state index in [1.54, 1.807) is 0 Å². The monoisotopic (exact) mass is 411 g/mol. The molecule has 7 nitrogen and oxygen atoms in total. The van der Waals surface area contributed by atoms with Gasteiger partial charge in [0, 0.05) is 19.0 Å². The highest BCUT2D eigenvalue weighted by atomic mass is 19.2. The molecule has 0 fully saturated rings. The topological polar surface area (TPSA) is 91.5 Å². The molecule has 0 radical (unpaired) electrons. The molecule has 0 unspecified atom stereocenters. The van der Waals surface area contributed by atoms with Crippen molar-refractivity contribution in [2.75, 3.05) is 18.9 Å². The molecule has 0 saturated carbocycles. The minimum Gasteiger partial charge on any atom is -0.359 e. The van der Waals surface area contributed by atoms with Crippen molar-refractivity contribution in [3.8, 4) is 0 Å². The van der Waals surface area contributed by atoms with Crippen LogP contribution in [-0.4, -0.2) is 30.6 Å². The number of rotatable bonds is 8. The fraction of sp³-hybridized carbons (Fsp3) is 0.421. The fourth-order valence-corrected chi connectivity index (χ4v) is 2.68. The fourth-order valence-electron chi connectivity index (χ4n) is 2.68. The standard InChI is InChI=1S/C19H24F3N5O2/c1-4-11(5-2)15-8-12(29-27-15)9-24-19(23-3)25-10-16(28)26-14-7-6-13(20)17(21)18(14)22/h6-8,11H,4-5,9-10H2,1-3H3,(H,26,28)(H2,23,24,25). The molecule has 158 valence electrons. The largest absolute Gasteiger partial charge is 0.359 e. The molecule has 0 atom stereocenters. The number of nitrogens with one attached hydrogen (secondary N) is 3. The lowest BCUT2D eigenvalue weighted by molar-refractivity contribution is -0.115. The van der Waals surface area contributed by atoms with Gasteiger partial charge in [-0.25, -0.2) is 13.2 Å². The quantitative estimate of drug-likeness (QED) is 0.352. The van der Waals surface area contributed by atoms with E-state index in [1.165, 1.54) is 7.05 Å². The van der Waals surface area contributed by atoms with Crippen LogP contribution in [0.25, 0.3) is 0 Å². The number of guanidine groups is 1. The molecule has 1 aromatic heterocycles. The number of amides is 1. The van der Waals surface area contributed by atoms with E-state index in [2.05, 4.69) is 39.9 Å². The first kappa shape index (κ1) is 22.3. The number of carbonyl (C=O) groups excluding carboxylic acids is 1. The molecule has 10 heteroatoms. The molecular formula is C19H24F3N5O2. The molecule has 1 heterocycles. The maximum Gasteiger partial charge on any atom is 0.243 e. The number of anilines is 1. The third-order valence-electron chi connectivity index (χ3n) is 4.36. The first-order chi connectivity index (χ1) is 13.9. The summed E-state index contributed by atoms with van der Waals surface area (Å²) in [6.07, 6.45) is 1.93. The van der Waals surface area contributed by atoms with Gasteiger partial charge < -0.3 is 20.5 Å². The summed E-state index contributed by atoms with van der Waals surface area (Å²) in [6.45, 7) is 4.20. The highest BCUT2D eigenvalue weighted by molar-refractivity contribution is 5.95. The van der Waals surface area contributed by atoms with E-state index >= 15 is 0 Å². The van der Waals surface area contributed by atoms with Gasteiger partial charge in [-0.2, -0.15) is 0 Å². The average molecular weight is 411 g/mol. The van der Waals surface area contributed by atoms with Crippen LogP contribution in [0.1, 0.15) is 44.1 Å². The van der Waals surface area contributed by atoms with Gasteiger partial charge in [0.25, 0.3) is 0 Å². The average Bonchev–Trinajstić information content (AvgIpc) is 3.18. The SMILES string of the molecule is CCC(CC)c1cc(CNC(=NC)NCC(=O)Nc2ccc(F)c(F)c2F)on1. The second-order valence-electron chi connectivity index (χ2n) is 6.28. The molecule has 0 aliphatic heterocycles. The number of nitrogens with zero attached hydrogens (tertiary/aromatic N) is 2. The van der Waals surface area contributed by atoms with E-state index in [1.807, 2.05) is 6.07 Å². The van der Waals surface area contributed by atoms with Gasteiger partial charge in [-0.1, -0.05) is 19.0 Å². The Hall–Kier alpha value is -3.04. The van der Waals surface area contributed by atoms with E-state index in [0.29, 0.717) is 24.2 Å². The zero-order valence-electron chi connectivity index (χ0n) is 16.5. The van der Waals surface area contributed by atoms with Crippen LogP contribution in [0, 0.1) is 17.5 Å². The van der Waals surface area contributed by atoms with Crippen LogP contribution in [0.15, 0.2) is 27.7 Å². The molecule has 1 amide bonds. The van der Waals surface area contributed by atoms with Crippen molar-refractivity contribution >= 4 is 17.6 Å². The summed E-state index contributed by atoms with van der Waals surface area (Å²) >= 11 is 0. The first-order valence-electron chi connectivity index (χ1n) is 9.22. The van der Waals surface area contributed by atoms with Gasteiger partial charge in [-0.15, -0.1) is 0 Å². The summed E-state index contributed by atoms with van der Waals surface area (Å²) in [5, 5.41) is 11.9. The minimum atomic E-state index is -1.65. The Kier molecular flexibility index (Phi) is 8.05. The highest BCUT2D eigenvalue weighted by Gasteiger charge is 2.16. The number of aromatic nitrogens is 1. The molecule has 2 rings (SSSR count). The van der Waals surface area contributed by atoms with Crippen LogP contribution in [0.4, 0.5) is 18.9 Å². The van der Waals surface area contributed by atoms with Crippen LogP contribution < -0.4 is 16.0 Å². The Morgan fingerprint density at radius 1 is 1.17 bits per heavy atom.